The summed E-state index contributed by atoms with van der Waals surface area (Å²) in [6.45, 7) is 2.07. The van der Waals surface area contributed by atoms with E-state index in [1.54, 1.807) is 0 Å². The van der Waals surface area contributed by atoms with Crippen molar-refractivity contribution < 1.29 is 0 Å². The lowest BCUT2D eigenvalue weighted by Gasteiger charge is -2.24. The summed E-state index contributed by atoms with van der Waals surface area (Å²) in [5.41, 5.74) is 2.32. The number of hydrogen-bond donors (Lipinski definition) is 2. The minimum Gasteiger partial charge on any atom is -0.325 e. The van der Waals surface area contributed by atoms with E-state index in [0.29, 0.717) is 5.92 Å². The Kier molecular flexibility index (Phi) is 3.25. The van der Waals surface area contributed by atoms with Crippen LogP contribution in [-0.2, 0) is 6.42 Å². The van der Waals surface area contributed by atoms with Crippen LogP contribution in [0, 0.1) is 0 Å². The molecule has 3 heterocycles. The van der Waals surface area contributed by atoms with E-state index in [2.05, 4.69) is 16.4 Å². The zero-order valence-corrected chi connectivity index (χ0v) is 10.7. The van der Waals surface area contributed by atoms with Gasteiger partial charge in [-0.1, -0.05) is 0 Å². The van der Waals surface area contributed by atoms with Gasteiger partial charge in [0.25, 0.3) is 5.56 Å². The van der Waals surface area contributed by atoms with Crippen LogP contribution in [-0.4, -0.2) is 23.8 Å². The molecule has 4 heteroatoms. The van der Waals surface area contributed by atoms with Gasteiger partial charge in [0.15, 0.2) is 0 Å². The van der Waals surface area contributed by atoms with Gasteiger partial charge in [0.1, 0.15) is 0 Å². The van der Waals surface area contributed by atoms with E-state index >= 15 is 0 Å². The fourth-order valence-corrected chi connectivity index (χ4v) is 3.79. The van der Waals surface area contributed by atoms with E-state index in [-0.39, 0.29) is 5.56 Å². The third-order valence-corrected chi connectivity index (χ3v) is 4.89. The Balaban J connectivity index is 1.96. The van der Waals surface area contributed by atoms with Crippen LogP contribution in [0.2, 0.25) is 0 Å². The Morgan fingerprint density at radius 3 is 2.94 bits per heavy atom. The molecular weight excluding hydrogens is 232 g/mol. The van der Waals surface area contributed by atoms with Gasteiger partial charge in [-0.05, 0) is 56.5 Å². The van der Waals surface area contributed by atoms with E-state index in [9.17, 15) is 4.79 Å². The molecule has 1 fully saturated rings. The van der Waals surface area contributed by atoms with Crippen molar-refractivity contribution in [3.8, 4) is 0 Å². The van der Waals surface area contributed by atoms with Crippen LogP contribution in [0.1, 0.15) is 36.4 Å². The number of H-pyrrole nitrogens is 1. The molecule has 0 spiro atoms. The SMILES string of the molecule is O=c1[nH]c2c(cc1C1CCNCC1)SCCC2. The summed E-state index contributed by atoms with van der Waals surface area (Å²) in [5, 5.41) is 3.35. The Morgan fingerprint density at radius 2 is 2.12 bits per heavy atom. The van der Waals surface area contributed by atoms with Crippen molar-refractivity contribution in [1.82, 2.24) is 10.3 Å². The zero-order valence-electron chi connectivity index (χ0n) is 9.92. The normalized spacial score (nSPS) is 21.2. The minimum absolute atomic E-state index is 0.151. The molecule has 2 aliphatic rings. The number of aromatic amines is 1. The highest BCUT2D eigenvalue weighted by molar-refractivity contribution is 7.99. The zero-order chi connectivity index (χ0) is 11.7. The predicted octanol–water partition coefficient (Wildman–Crippen LogP) is 1.88. The first-order chi connectivity index (χ1) is 8.34. The molecule has 3 nitrogen and oxygen atoms in total. The molecule has 1 saturated heterocycles. The van der Waals surface area contributed by atoms with E-state index < -0.39 is 0 Å². The monoisotopic (exact) mass is 250 g/mol. The number of rotatable bonds is 1. The predicted molar refractivity (Wildman–Crippen MR) is 71.0 cm³/mol. The second-order valence-corrected chi connectivity index (χ2v) is 6.01. The number of pyridine rings is 1. The Hall–Kier alpha value is -0.740. The van der Waals surface area contributed by atoms with Crippen LogP contribution in [0.15, 0.2) is 15.8 Å². The quantitative estimate of drug-likeness (QED) is 0.800. The molecule has 3 rings (SSSR count). The number of piperidine rings is 1. The van der Waals surface area contributed by atoms with Crippen molar-refractivity contribution in [1.29, 1.82) is 0 Å². The molecule has 0 aliphatic carbocycles. The summed E-state index contributed by atoms with van der Waals surface area (Å²) in [6.07, 6.45) is 4.39. The van der Waals surface area contributed by atoms with Crippen molar-refractivity contribution in [3.05, 3.63) is 27.7 Å². The van der Waals surface area contributed by atoms with Gasteiger partial charge >= 0.3 is 0 Å². The molecule has 2 N–H and O–H groups in total. The lowest BCUT2D eigenvalue weighted by Crippen LogP contribution is -2.30. The van der Waals surface area contributed by atoms with Gasteiger partial charge in [-0.2, -0.15) is 0 Å². The van der Waals surface area contributed by atoms with Crippen LogP contribution >= 0.6 is 11.8 Å². The van der Waals surface area contributed by atoms with Crippen molar-refractivity contribution in [2.24, 2.45) is 0 Å². The Morgan fingerprint density at radius 1 is 1.29 bits per heavy atom. The van der Waals surface area contributed by atoms with Crippen LogP contribution in [0.25, 0.3) is 0 Å². The highest BCUT2D eigenvalue weighted by atomic mass is 32.2. The van der Waals surface area contributed by atoms with Gasteiger partial charge in [-0.25, -0.2) is 0 Å². The smallest absolute Gasteiger partial charge is 0.251 e. The average molecular weight is 250 g/mol. The van der Waals surface area contributed by atoms with E-state index in [4.69, 9.17) is 0 Å². The molecule has 0 bridgehead atoms. The molecule has 92 valence electrons. The summed E-state index contributed by atoms with van der Waals surface area (Å²) in [7, 11) is 0. The molecule has 0 saturated carbocycles. The summed E-state index contributed by atoms with van der Waals surface area (Å²) in [6, 6.07) is 2.16. The van der Waals surface area contributed by atoms with Gasteiger partial charge in [0.2, 0.25) is 0 Å². The minimum atomic E-state index is 0.151. The molecule has 1 aromatic rings. The second kappa shape index (κ2) is 4.86. The molecule has 0 unspecified atom stereocenters. The van der Waals surface area contributed by atoms with Gasteiger partial charge in [0.05, 0.1) is 0 Å². The lowest BCUT2D eigenvalue weighted by atomic mass is 9.91. The van der Waals surface area contributed by atoms with Gasteiger partial charge in [-0.3, -0.25) is 4.79 Å². The molecule has 1 aromatic heterocycles. The van der Waals surface area contributed by atoms with Gasteiger partial charge in [0, 0.05) is 16.2 Å². The number of hydrogen-bond acceptors (Lipinski definition) is 3. The van der Waals surface area contributed by atoms with Crippen molar-refractivity contribution in [3.63, 3.8) is 0 Å². The number of thioether (sulfide) groups is 1. The first kappa shape index (κ1) is 11.4. The molecule has 17 heavy (non-hydrogen) atoms. The summed E-state index contributed by atoms with van der Waals surface area (Å²) in [5.74, 6) is 1.64. The van der Waals surface area contributed by atoms with E-state index in [1.807, 2.05) is 11.8 Å². The lowest BCUT2D eigenvalue weighted by molar-refractivity contribution is 0.456. The standard InChI is InChI=1S/C13H18N2OS/c16-13-10(9-3-5-14-6-4-9)8-12-11(15-13)2-1-7-17-12/h8-9,14H,1-7H2,(H,15,16). The average Bonchev–Trinajstić information content (AvgIpc) is 2.39. The van der Waals surface area contributed by atoms with Crippen LogP contribution in [0.5, 0.6) is 0 Å². The molecule has 0 amide bonds. The maximum absolute atomic E-state index is 12.1. The molecular formula is C13H18N2OS. The first-order valence-electron chi connectivity index (χ1n) is 6.44. The summed E-state index contributed by atoms with van der Waals surface area (Å²) in [4.78, 5) is 16.5. The number of fused-ring (bicyclic) bond motifs is 1. The summed E-state index contributed by atoms with van der Waals surface area (Å²) >= 11 is 1.89. The molecule has 2 aliphatic heterocycles. The van der Waals surface area contributed by atoms with Gasteiger partial charge < -0.3 is 10.3 Å². The Bertz CT molecular complexity index is 463. The molecule has 0 atom stereocenters. The van der Waals surface area contributed by atoms with Crippen molar-refractivity contribution in [2.75, 3.05) is 18.8 Å². The topological polar surface area (TPSA) is 44.9 Å². The third-order valence-electron chi connectivity index (χ3n) is 3.72. The maximum atomic E-state index is 12.1. The fourth-order valence-electron chi connectivity index (χ4n) is 2.75. The number of aromatic nitrogens is 1. The molecule has 0 radical (unpaired) electrons. The van der Waals surface area contributed by atoms with Gasteiger partial charge in [-0.15, -0.1) is 11.8 Å². The highest BCUT2D eigenvalue weighted by Gasteiger charge is 2.21. The fraction of sp³-hybridized carbons (Fsp3) is 0.615. The van der Waals surface area contributed by atoms with E-state index in [1.165, 1.54) is 17.1 Å². The highest BCUT2D eigenvalue weighted by Crippen LogP contribution is 2.31. The van der Waals surface area contributed by atoms with Crippen LogP contribution in [0.3, 0.4) is 0 Å². The number of aryl methyl sites for hydroxylation is 1. The van der Waals surface area contributed by atoms with Crippen molar-refractivity contribution in [2.45, 2.75) is 36.5 Å². The largest absolute Gasteiger partial charge is 0.325 e. The number of nitrogens with one attached hydrogen (secondary N) is 2. The maximum Gasteiger partial charge on any atom is 0.251 e. The first-order valence-corrected chi connectivity index (χ1v) is 7.43. The Labute approximate surface area is 105 Å². The van der Waals surface area contributed by atoms with Crippen LogP contribution < -0.4 is 10.9 Å². The second-order valence-electron chi connectivity index (χ2n) is 4.87. The van der Waals surface area contributed by atoms with E-state index in [0.717, 1.165) is 43.6 Å². The van der Waals surface area contributed by atoms with Crippen LogP contribution in [0.4, 0.5) is 0 Å². The third kappa shape index (κ3) is 2.29. The molecule has 0 aromatic carbocycles. The summed E-state index contributed by atoms with van der Waals surface area (Å²) < 4.78 is 0. The van der Waals surface area contributed by atoms with Crippen molar-refractivity contribution >= 4 is 11.8 Å².